The van der Waals surface area contributed by atoms with Gasteiger partial charge in [0.2, 0.25) is 10.0 Å². The molecule has 0 radical (unpaired) electrons. The third-order valence-corrected chi connectivity index (χ3v) is 4.92. The molecule has 1 atom stereocenters. The molecule has 1 unspecified atom stereocenters. The van der Waals surface area contributed by atoms with E-state index in [1.165, 1.54) is 24.3 Å². The number of nitrogens with one attached hydrogen (secondary N) is 2. The summed E-state index contributed by atoms with van der Waals surface area (Å²) in [7, 11) is -3.54. The van der Waals surface area contributed by atoms with Crippen LogP contribution in [0.1, 0.15) is 44.5 Å². The van der Waals surface area contributed by atoms with E-state index >= 15 is 0 Å². The van der Waals surface area contributed by atoms with Crippen LogP contribution >= 0.6 is 0 Å². The minimum atomic E-state index is -3.54. The van der Waals surface area contributed by atoms with Gasteiger partial charge in [-0.15, -0.1) is 0 Å². The number of hydrogen-bond acceptors (Lipinski definition) is 4. The Labute approximate surface area is 145 Å². The van der Waals surface area contributed by atoms with Gasteiger partial charge in [-0.2, -0.15) is 0 Å². The Bertz CT molecular complexity index is 625. The predicted molar refractivity (Wildman–Crippen MR) is 96.2 cm³/mol. The zero-order chi connectivity index (χ0) is 18.3. The zero-order valence-corrected chi connectivity index (χ0v) is 15.7. The Morgan fingerprint density at radius 3 is 2.12 bits per heavy atom. The van der Waals surface area contributed by atoms with Gasteiger partial charge in [0.1, 0.15) is 0 Å². The van der Waals surface area contributed by atoms with Crippen molar-refractivity contribution in [3.8, 4) is 0 Å². The van der Waals surface area contributed by atoms with Gasteiger partial charge in [-0.3, -0.25) is 4.79 Å². The average molecular weight is 356 g/mol. The summed E-state index contributed by atoms with van der Waals surface area (Å²) in [6.45, 7) is 8.74. The first kappa shape index (κ1) is 20.6. The first-order valence-electron chi connectivity index (χ1n) is 8.26. The molecule has 1 aromatic rings. The van der Waals surface area contributed by atoms with E-state index in [9.17, 15) is 13.2 Å². The number of rotatable bonds is 9. The number of hydrogen-bond donors (Lipinski definition) is 3. The molecule has 0 spiro atoms. The van der Waals surface area contributed by atoms with Gasteiger partial charge >= 0.3 is 0 Å². The first-order chi connectivity index (χ1) is 11.2. The molecule has 136 valence electrons. The Morgan fingerprint density at radius 1 is 1.08 bits per heavy atom. The van der Waals surface area contributed by atoms with E-state index in [1.807, 2.05) is 13.8 Å². The maximum Gasteiger partial charge on any atom is 0.251 e. The minimum absolute atomic E-state index is 0.0892. The smallest absolute Gasteiger partial charge is 0.251 e. The van der Waals surface area contributed by atoms with E-state index in [0.717, 1.165) is 6.42 Å². The maximum atomic E-state index is 12.2. The van der Waals surface area contributed by atoms with Gasteiger partial charge in [0.05, 0.1) is 4.90 Å². The van der Waals surface area contributed by atoms with Crippen molar-refractivity contribution in [3.63, 3.8) is 0 Å². The number of nitrogens with two attached hydrogens (primary N) is 1. The molecule has 1 rings (SSSR count). The second-order valence-corrected chi connectivity index (χ2v) is 8.57. The highest BCUT2D eigenvalue weighted by atomic mass is 32.2. The lowest BCUT2D eigenvalue weighted by Gasteiger charge is -2.19. The third-order valence-electron chi connectivity index (χ3n) is 3.48. The van der Waals surface area contributed by atoms with Crippen molar-refractivity contribution >= 4 is 15.9 Å². The van der Waals surface area contributed by atoms with Gasteiger partial charge in [0.25, 0.3) is 5.91 Å². The summed E-state index contributed by atoms with van der Waals surface area (Å²) < 4.78 is 26.8. The first-order valence-corrected chi connectivity index (χ1v) is 9.74. The lowest BCUT2D eigenvalue weighted by molar-refractivity contribution is 0.0933. The highest BCUT2D eigenvalue weighted by molar-refractivity contribution is 7.89. The topological polar surface area (TPSA) is 101 Å². The number of benzene rings is 1. The Balaban J connectivity index is 2.77. The van der Waals surface area contributed by atoms with Crippen molar-refractivity contribution in [2.45, 2.75) is 45.1 Å². The van der Waals surface area contributed by atoms with Crippen LogP contribution in [0.4, 0.5) is 0 Å². The summed E-state index contributed by atoms with van der Waals surface area (Å²) in [5, 5.41) is 2.88. The molecule has 0 saturated heterocycles. The monoisotopic (exact) mass is 355 g/mol. The van der Waals surface area contributed by atoms with Crippen LogP contribution in [-0.4, -0.2) is 33.5 Å². The van der Waals surface area contributed by atoms with E-state index < -0.39 is 10.0 Å². The van der Waals surface area contributed by atoms with E-state index in [4.69, 9.17) is 5.73 Å². The summed E-state index contributed by atoms with van der Waals surface area (Å²) in [5.74, 6) is 0.405. The third kappa shape index (κ3) is 6.59. The predicted octanol–water partition coefficient (Wildman–Crippen LogP) is 1.72. The molecule has 1 aromatic carbocycles. The van der Waals surface area contributed by atoms with Crippen LogP contribution in [0.2, 0.25) is 0 Å². The molecule has 0 saturated carbocycles. The fraction of sp³-hybridized carbons (Fsp3) is 0.588. The van der Waals surface area contributed by atoms with Gasteiger partial charge in [-0.05, 0) is 42.5 Å². The minimum Gasteiger partial charge on any atom is -0.348 e. The molecular weight excluding hydrogens is 326 g/mol. The highest BCUT2D eigenvalue weighted by Gasteiger charge is 2.17. The lowest BCUT2D eigenvalue weighted by atomic mass is 10.0. The van der Waals surface area contributed by atoms with Crippen molar-refractivity contribution in [2.24, 2.45) is 17.6 Å². The van der Waals surface area contributed by atoms with E-state index in [2.05, 4.69) is 23.9 Å². The highest BCUT2D eigenvalue weighted by Crippen LogP contribution is 2.12. The molecule has 24 heavy (non-hydrogen) atoms. The number of carbonyl (C=O) groups excluding carboxylic acids is 1. The Kier molecular flexibility index (Phi) is 7.86. The molecule has 0 aliphatic rings. The standard InChI is InChI=1S/C17H29N3O3S/c1-12(2)9-15(10-18)20-17(21)14-5-7-16(8-6-14)24(22,23)19-11-13(3)4/h5-8,12-13,15,19H,9-11,18H2,1-4H3,(H,20,21). The number of carbonyl (C=O) groups is 1. The summed E-state index contributed by atoms with van der Waals surface area (Å²) in [4.78, 5) is 12.4. The second kappa shape index (κ2) is 9.15. The Morgan fingerprint density at radius 2 is 1.67 bits per heavy atom. The zero-order valence-electron chi connectivity index (χ0n) is 14.9. The fourth-order valence-electron chi connectivity index (χ4n) is 2.20. The quantitative estimate of drug-likeness (QED) is 0.628. The lowest BCUT2D eigenvalue weighted by Crippen LogP contribution is -2.41. The van der Waals surface area contributed by atoms with Crippen molar-refractivity contribution in [1.29, 1.82) is 0 Å². The molecule has 0 aromatic heterocycles. The van der Waals surface area contributed by atoms with Crippen molar-refractivity contribution in [2.75, 3.05) is 13.1 Å². The van der Waals surface area contributed by atoms with Crippen molar-refractivity contribution < 1.29 is 13.2 Å². The van der Waals surface area contributed by atoms with E-state index in [0.29, 0.717) is 24.6 Å². The van der Waals surface area contributed by atoms with Crippen LogP contribution in [0.15, 0.2) is 29.2 Å². The normalized spacial score (nSPS) is 13.3. The van der Waals surface area contributed by atoms with E-state index in [-0.39, 0.29) is 22.8 Å². The Hall–Kier alpha value is -1.44. The number of amides is 1. The fourth-order valence-corrected chi connectivity index (χ4v) is 3.41. The van der Waals surface area contributed by atoms with Gasteiger partial charge in [0, 0.05) is 24.7 Å². The maximum absolute atomic E-state index is 12.2. The average Bonchev–Trinajstić information content (AvgIpc) is 2.52. The van der Waals surface area contributed by atoms with Gasteiger partial charge < -0.3 is 11.1 Å². The van der Waals surface area contributed by atoms with Crippen LogP contribution in [0.5, 0.6) is 0 Å². The van der Waals surface area contributed by atoms with Crippen molar-refractivity contribution in [1.82, 2.24) is 10.0 Å². The summed E-state index contributed by atoms with van der Waals surface area (Å²) >= 11 is 0. The van der Waals surface area contributed by atoms with Crippen LogP contribution < -0.4 is 15.8 Å². The summed E-state index contributed by atoms with van der Waals surface area (Å²) in [6.07, 6.45) is 0.799. The second-order valence-electron chi connectivity index (χ2n) is 6.81. The van der Waals surface area contributed by atoms with Crippen molar-refractivity contribution in [3.05, 3.63) is 29.8 Å². The molecule has 0 fully saturated rings. The van der Waals surface area contributed by atoms with Crippen LogP contribution in [0.25, 0.3) is 0 Å². The molecular formula is C17H29N3O3S. The molecule has 0 bridgehead atoms. The van der Waals surface area contributed by atoms with Crippen LogP contribution in [0.3, 0.4) is 0 Å². The molecule has 4 N–H and O–H groups in total. The molecule has 0 aliphatic carbocycles. The largest absolute Gasteiger partial charge is 0.348 e. The summed E-state index contributed by atoms with van der Waals surface area (Å²) in [6, 6.07) is 5.83. The van der Waals surface area contributed by atoms with Gasteiger partial charge in [-0.1, -0.05) is 27.7 Å². The van der Waals surface area contributed by atoms with Crippen LogP contribution in [-0.2, 0) is 10.0 Å². The summed E-state index contributed by atoms with van der Waals surface area (Å²) in [5.41, 5.74) is 6.10. The van der Waals surface area contributed by atoms with E-state index in [1.54, 1.807) is 0 Å². The van der Waals surface area contributed by atoms with Crippen LogP contribution in [0, 0.1) is 11.8 Å². The molecule has 0 heterocycles. The number of sulfonamides is 1. The molecule has 7 heteroatoms. The van der Waals surface area contributed by atoms with Gasteiger partial charge in [-0.25, -0.2) is 13.1 Å². The van der Waals surface area contributed by atoms with Gasteiger partial charge in [0.15, 0.2) is 0 Å². The molecule has 6 nitrogen and oxygen atoms in total. The SMILES string of the molecule is CC(C)CNS(=O)(=O)c1ccc(C(=O)NC(CN)CC(C)C)cc1. The molecule has 0 aliphatic heterocycles. The molecule has 1 amide bonds.